The number of rotatable bonds is 5. The van der Waals surface area contributed by atoms with Crippen LogP contribution >= 0.6 is 0 Å². The van der Waals surface area contributed by atoms with Gasteiger partial charge in [0.1, 0.15) is 0 Å². The van der Waals surface area contributed by atoms with Gasteiger partial charge >= 0.3 is 0 Å². The van der Waals surface area contributed by atoms with Crippen molar-refractivity contribution in [3.05, 3.63) is 66.5 Å². The molecule has 20 heavy (non-hydrogen) atoms. The summed E-state index contributed by atoms with van der Waals surface area (Å²) in [5.74, 6) is 0. The summed E-state index contributed by atoms with van der Waals surface area (Å²) in [7, 11) is 1.95. The van der Waals surface area contributed by atoms with Crippen molar-refractivity contribution in [2.24, 2.45) is 7.05 Å². The topological polar surface area (TPSA) is 47.7 Å². The van der Waals surface area contributed by atoms with Gasteiger partial charge < -0.3 is 9.88 Å². The molecule has 102 valence electrons. The minimum absolute atomic E-state index is 0.769. The van der Waals surface area contributed by atoms with Crippen LogP contribution in [0.25, 0.3) is 0 Å². The maximum atomic E-state index is 4.16. The van der Waals surface area contributed by atoms with Crippen LogP contribution in [-0.2, 0) is 20.1 Å². The van der Waals surface area contributed by atoms with Gasteiger partial charge in [-0.3, -0.25) is 4.68 Å². The Morgan fingerprint density at radius 2 is 2.15 bits per heavy atom. The Morgan fingerprint density at radius 3 is 2.90 bits per heavy atom. The highest BCUT2D eigenvalue weighted by atomic mass is 15.3. The molecule has 0 bridgehead atoms. The van der Waals surface area contributed by atoms with E-state index in [9.17, 15) is 0 Å². The summed E-state index contributed by atoms with van der Waals surface area (Å²) < 4.78 is 3.93. The van der Waals surface area contributed by atoms with Gasteiger partial charge in [-0.25, -0.2) is 4.98 Å². The molecule has 1 aromatic carbocycles. The minimum atomic E-state index is 0.769. The Hall–Kier alpha value is -2.56. The van der Waals surface area contributed by atoms with E-state index in [1.807, 2.05) is 36.5 Å². The highest BCUT2D eigenvalue weighted by molar-refractivity contribution is 5.46. The number of nitrogens with zero attached hydrogens (tertiary/aromatic N) is 4. The molecule has 1 N–H and O–H groups in total. The first-order valence-corrected chi connectivity index (χ1v) is 6.57. The maximum absolute atomic E-state index is 4.16. The normalized spacial score (nSPS) is 10.7. The van der Waals surface area contributed by atoms with Crippen LogP contribution in [0.2, 0.25) is 0 Å². The van der Waals surface area contributed by atoms with E-state index in [0.29, 0.717) is 0 Å². The number of anilines is 1. The molecule has 5 heteroatoms. The number of hydrogen-bond donors (Lipinski definition) is 1. The van der Waals surface area contributed by atoms with Gasteiger partial charge in [0.25, 0.3) is 0 Å². The fourth-order valence-electron chi connectivity index (χ4n) is 2.14. The zero-order valence-electron chi connectivity index (χ0n) is 11.4. The monoisotopic (exact) mass is 267 g/mol. The second kappa shape index (κ2) is 5.61. The predicted octanol–water partition coefficient (Wildman–Crippen LogP) is 2.28. The van der Waals surface area contributed by atoms with Crippen molar-refractivity contribution < 1.29 is 0 Å². The second-order valence-corrected chi connectivity index (χ2v) is 4.74. The van der Waals surface area contributed by atoms with Crippen LogP contribution in [0, 0.1) is 0 Å². The number of imidazole rings is 1. The fraction of sp³-hybridized carbons (Fsp3) is 0.200. The van der Waals surface area contributed by atoms with Gasteiger partial charge in [0.2, 0.25) is 0 Å². The van der Waals surface area contributed by atoms with E-state index >= 15 is 0 Å². The van der Waals surface area contributed by atoms with E-state index in [2.05, 4.69) is 44.2 Å². The molecule has 0 unspecified atom stereocenters. The summed E-state index contributed by atoms with van der Waals surface area (Å²) in [4.78, 5) is 4.06. The third kappa shape index (κ3) is 2.88. The summed E-state index contributed by atoms with van der Waals surface area (Å²) >= 11 is 0. The maximum Gasteiger partial charge on any atom is 0.0949 e. The van der Waals surface area contributed by atoms with Gasteiger partial charge in [-0.2, -0.15) is 5.10 Å². The molecule has 0 amide bonds. The number of hydrogen-bond acceptors (Lipinski definition) is 3. The molecule has 2 heterocycles. The molecular formula is C15H17N5. The molecule has 0 aliphatic rings. The first kappa shape index (κ1) is 12.5. The van der Waals surface area contributed by atoms with Crippen molar-refractivity contribution in [1.29, 1.82) is 0 Å². The van der Waals surface area contributed by atoms with Crippen LogP contribution in [-0.4, -0.2) is 19.3 Å². The summed E-state index contributed by atoms with van der Waals surface area (Å²) in [6, 6.07) is 10.4. The quantitative estimate of drug-likeness (QED) is 0.771. The molecule has 0 radical (unpaired) electrons. The van der Waals surface area contributed by atoms with E-state index < -0.39 is 0 Å². The Kier molecular flexibility index (Phi) is 3.50. The molecule has 0 saturated heterocycles. The number of benzene rings is 1. The molecule has 5 nitrogen and oxygen atoms in total. The number of aromatic nitrogens is 4. The SMILES string of the molecule is Cn1nccc1CNc1cccc(Cn2ccnc2)c1. The Labute approximate surface area is 117 Å². The lowest BCUT2D eigenvalue weighted by Gasteiger charge is -2.09. The van der Waals surface area contributed by atoms with Crippen molar-refractivity contribution in [3.8, 4) is 0 Å². The van der Waals surface area contributed by atoms with Crippen LogP contribution in [0.3, 0.4) is 0 Å². The molecule has 0 aliphatic heterocycles. The molecular weight excluding hydrogens is 250 g/mol. The summed E-state index contributed by atoms with van der Waals surface area (Å²) in [6.07, 6.45) is 7.41. The average molecular weight is 267 g/mol. The van der Waals surface area contributed by atoms with Gasteiger partial charge in [0.15, 0.2) is 0 Å². The molecule has 0 atom stereocenters. The van der Waals surface area contributed by atoms with Crippen molar-refractivity contribution in [2.45, 2.75) is 13.1 Å². The Morgan fingerprint density at radius 1 is 1.20 bits per heavy atom. The molecule has 0 fully saturated rings. The third-order valence-electron chi connectivity index (χ3n) is 3.25. The fourth-order valence-corrected chi connectivity index (χ4v) is 2.14. The third-order valence-corrected chi connectivity index (χ3v) is 3.25. The van der Waals surface area contributed by atoms with Gasteiger partial charge in [0, 0.05) is 37.9 Å². The molecule has 2 aromatic heterocycles. The highest BCUT2D eigenvalue weighted by Gasteiger charge is 2.00. The van der Waals surface area contributed by atoms with Crippen LogP contribution in [0.5, 0.6) is 0 Å². The molecule has 0 saturated carbocycles. The summed E-state index contributed by atoms with van der Waals surface area (Å²) in [5, 5.41) is 7.58. The highest BCUT2D eigenvalue weighted by Crippen LogP contribution is 2.13. The largest absolute Gasteiger partial charge is 0.379 e. The molecule has 0 aliphatic carbocycles. The number of nitrogens with one attached hydrogen (secondary N) is 1. The predicted molar refractivity (Wildman–Crippen MR) is 78.3 cm³/mol. The van der Waals surface area contributed by atoms with E-state index in [1.54, 1.807) is 6.20 Å². The Bertz CT molecular complexity index is 669. The smallest absolute Gasteiger partial charge is 0.0949 e. The van der Waals surface area contributed by atoms with Crippen molar-refractivity contribution in [2.75, 3.05) is 5.32 Å². The first-order valence-electron chi connectivity index (χ1n) is 6.57. The summed E-state index contributed by atoms with van der Waals surface area (Å²) in [5.41, 5.74) is 3.52. The van der Waals surface area contributed by atoms with E-state index in [4.69, 9.17) is 0 Å². The standard InChI is InChI=1S/C15H17N5/c1-19-15(5-6-18-19)10-17-14-4-2-3-13(9-14)11-20-8-7-16-12-20/h2-9,12,17H,10-11H2,1H3. The van der Waals surface area contributed by atoms with Crippen LogP contribution in [0.15, 0.2) is 55.2 Å². The van der Waals surface area contributed by atoms with Gasteiger partial charge in [-0.15, -0.1) is 0 Å². The molecule has 3 rings (SSSR count). The minimum Gasteiger partial charge on any atom is -0.379 e. The Balaban J connectivity index is 1.67. The van der Waals surface area contributed by atoms with Crippen molar-refractivity contribution in [1.82, 2.24) is 19.3 Å². The lowest BCUT2D eigenvalue weighted by atomic mass is 10.2. The molecule has 0 spiro atoms. The van der Waals surface area contributed by atoms with Crippen LogP contribution in [0.4, 0.5) is 5.69 Å². The van der Waals surface area contributed by atoms with Gasteiger partial charge in [-0.1, -0.05) is 12.1 Å². The average Bonchev–Trinajstić information content (AvgIpc) is 3.09. The number of aryl methyl sites for hydroxylation is 1. The van der Waals surface area contributed by atoms with Crippen molar-refractivity contribution in [3.63, 3.8) is 0 Å². The van der Waals surface area contributed by atoms with E-state index in [-0.39, 0.29) is 0 Å². The summed E-state index contributed by atoms with van der Waals surface area (Å²) in [6.45, 7) is 1.60. The first-order chi connectivity index (χ1) is 9.81. The van der Waals surface area contributed by atoms with Gasteiger partial charge in [0.05, 0.1) is 18.6 Å². The van der Waals surface area contributed by atoms with Crippen LogP contribution < -0.4 is 5.32 Å². The molecule has 3 aromatic rings. The lowest BCUT2D eigenvalue weighted by molar-refractivity contribution is 0.720. The van der Waals surface area contributed by atoms with Crippen LogP contribution in [0.1, 0.15) is 11.3 Å². The zero-order valence-corrected chi connectivity index (χ0v) is 11.4. The van der Waals surface area contributed by atoms with E-state index in [0.717, 1.165) is 24.5 Å². The van der Waals surface area contributed by atoms with Gasteiger partial charge in [-0.05, 0) is 23.8 Å². The van der Waals surface area contributed by atoms with E-state index in [1.165, 1.54) is 5.56 Å². The van der Waals surface area contributed by atoms with Crippen molar-refractivity contribution >= 4 is 5.69 Å². The second-order valence-electron chi connectivity index (χ2n) is 4.74. The lowest BCUT2D eigenvalue weighted by Crippen LogP contribution is -2.06. The zero-order chi connectivity index (χ0) is 13.8.